The van der Waals surface area contributed by atoms with E-state index < -0.39 is 5.97 Å². The van der Waals surface area contributed by atoms with Crippen molar-refractivity contribution in [3.05, 3.63) is 35.9 Å². The molecule has 0 heterocycles. The van der Waals surface area contributed by atoms with Gasteiger partial charge < -0.3 is 18.9 Å². The highest BCUT2D eigenvalue weighted by atomic mass is 16.9. The molecular formula is C20H28O5. The van der Waals surface area contributed by atoms with Gasteiger partial charge in [-0.2, -0.15) is 0 Å². The highest BCUT2D eigenvalue weighted by Gasteiger charge is 2.47. The SMILES string of the molecule is COC(OC)(OCC1CC1C(=O)OC1CCCCC1)c1ccccc1. The fourth-order valence-corrected chi connectivity index (χ4v) is 3.53. The molecule has 3 rings (SSSR count). The Hall–Kier alpha value is -1.43. The van der Waals surface area contributed by atoms with Gasteiger partial charge in [-0.15, -0.1) is 0 Å². The zero-order valence-corrected chi connectivity index (χ0v) is 15.1. The Morgan fingerprint density at radius 2 is 1.76 bits per heavy atom. The van der Waals surface area contributed by atoms with Crippen LogP contribution < -0.4 is 0 Å². The second kappa shape index (κ2) is 8.30. The zero-order valence-electron chi connectivity index (χ0n) is 15.1. The van der Waals surface area contributed by atoms with E-state index in [0.717, 1.165) is 37.7 Å². The molecule has 2 aliphatic rings. The number of hydrogen-bond acceptors (Lipinski definition) is 5. The molecule has 0 aromatic heterocycles. The Bertz CT molecular complexity index is 548. The van der Waals surface area contributed by atoms with Gasteiger partial charge in [0.05, 0.1) is 12.5 Å². The molecular weight excluding hydrogens is 320 g/mol. The van der Waals surface area contributed by atoms with Crippen LogP contribution in [0.4, 0.5) is 0 Å². The number of esters is 1. The van der Waals surface area contributed by atoms with Gasteiger partial charge in [-0.3, -0.25) is 4.79 Å². The molecule has 0 radical (unpaired) electrons. The van der Waals surface area contributed by atoms with Gasteiger partial charge >= 0.3 is 11.9 Å². The first-order chi connectivity index (χ1) is 12.2. The average Bonchev–Trinajstić information content (AvgIpc) is 3.45. The molecule has 0 spiro atoms. The van der Waals surface area contributed by atoms with Crippen LogP contribution >= 0.6 is 0 Å². The molecule has 1 aromatic carbocycles. The first-order valence-corrected chi connectivity index (χ1v) is 9.19. The quantitative estimate of drug-likeness (QED) is 0.530. The fraction of sp³-hybridized carbons (Fsp3) is 0.650. The van der Waals surface area contributed by atoms with E-state index in [2.05, 4.69) is 0 Å². The van der Waals surface area contributed by atoms with Crippen LogP contribution in [0.25, 0.3) is 0 Å². The number of carbonyl (C=O) groups excluding carboxylic acids is 1. The second-order valence-corrected chi connectivity index (χ2v) is 6.94. The van der Waals surface area contributed by atoms with Gasteiger partial charge in [0.15, 0.2) is 0 Å². The Balaban J connectivity index is 1.50. The maximum absolute atomic E-state index is 12.3. The van der Waals surface area contributed by atoms with Crippen molar-refractivity contribution in [2.24, 2.45) is 11.8 Å². The maximum Gasteiger partial charge on any atom is 0.311 e. The Kier molecular flexibility index (Phi) is 6.10. The lowest BCUT2D eigenvalue weighted by Crippen LogP contribution is -2.35. The summed E-state index contributed by atoms with van der Waals surface area (Å²) in [5, 5.41) is 0. The monoisotopic (exact) mass is 348 g/mol. The van der Waals surface area contributed by atoms with E-state index in [1.54, 1.807) is 14.2 Å². The van der Waals surface area contributed by atoms with Crippen molar-refractivity contribution < 1.29 is 23.7 Å². The maximum atomic E-state index is 12.3. The van der Waals surface area contributed by atoms with Crippen LogP contribution in [0.5, 0.6) is 0 Å². The lowest BCUT2D eigenvalue weighted by molar-refractivity contribution is -0.376. The molecule has 2 atom stereocenters. The summed E-state index contributed by atoms with van der Waals surface area (Å²) in [6.07, 6.45) is 6.51. The molecule has 2 fully saturated rings. The van der Waals surface area contributed by atoms with Gasteiger partial charge in [0, 0.05) is 19.8 Å². The molecule has 0 bridgehead atoms. The largest absolute Gasteiger partial charge is 0.462 e. The summed E-state index contributed by atoms with van der Waals surface area (Å²) in [5.74, 6) is -1.18. The molecule has 5 nitrogen and oxygen atoms in total. The third-order valence-corrected chi connectivity index (χ3v) is 5.21. The van der Waals surface area contributed by atoms with Crippen LogP contribution in [0.15, 0.2) is 30.3 Å². The minimum atomic E-state index is -1.23. The second-order valence-electron chi connectivity index (χ2n) is 6.94. The molecule has 25 heavy (non-hydrogen) atoms. The van der Waals surface area contributed by atoms with Crippen LogP contribution in [0.2, 0.25) is 0 Å². The minimum absolute atomic E-state index is 0.0517. The molecule has 0 saturated heterocycles. The van der Waals surface area contributed by atoms with Crippen LogP contribution in [-0.2, 0) is 29.7 Å². The predicted octanol–water partition coefficient (Wildman–Crippen LogP) is 3.62. The lowest BCUT2D eigenvalue weighted by atomic mass is 9.98. The van der Waals surface area contributed by atoms with E-state index >= 15 is 0 Å². The smallest absolute Gasteiger partial charge is 0.311 e. The van der Waals surface area contributed by atoms with E-state index in [9.17, 15) is 4.79 Å². The van der Waals surface area contributed by atoms with Crippen LogP contribution in [-0.4, -0.2) is 32.9 Å². The first-order valence-electron chi connectivity index (χ1n) is 9.19. The van der Waals surface area contributed by atoms with Gasteiger partial charge in [-0.25, -0.2) is 0 Å². The van der Waals surface area contributed by atoms with Gasteiger partial charge in [-0.05, 0) is 38.0 Å². The minimum Gasteiger partial charge on any atom is -0.462 e. The summed E-state index contributed by atoms with van der Waals surface area (Å²) in [6, 6.07) is 9.54. The molecule has 2 unspecified atom stereocenters. The highest BCUT2D eigenvalue weighted by molar-refractivity contribution is 5.75. The highest BCUT2D eigenvalue weighted by Crippen LogP contribution is 2.42. The lowest BCUT2D eigenvalue weighted by Gasteiger charge is -2.30. The van der Waals surface area contributed by atoms with E-state index in [1.165, 1.54) is 6.42 Å². The standard InChI is InChI=1S/C20H28O5/c1-22-20(23-2,16-9-5-3-6-10-16)24-14-15-13-18(15)19(21)25-17-11-7-4-8-12-17/h3,5-6,9-10,15,17-18H,4,7-8,11-14H2,1-2H3. The van der Waals surface area contributed by atoms with E-state index in [0.29, 0.717) is 6.61 Å². The normalized spacial score (nSPS) is 24.1. The Labute approximate surface area is 149 Å². The van der Waals surface area contributed by atoms with Gasteiger partial charge in [-0.1, -0.05) is 36.8 Å². The zero-order chi connectivity index (χ0) is 17.7. The molecule has 0 N–H and O–H groups in total. The third kappa shape index (κ3) is 4.40. The fourth-order valence-electron chi connectivity index (χ4n) is 3.53. The van der Waals surface area contributed by atoms with Crippen LogP contribution in [0.3, 0.4) is 0 Å². The number of rotatable bonds is 8. The number of carbonyl (C=O) groups is 1. The summed E-state index contributed by atoms with van der Waals surface area (Å²) in [4.78, 5) is 12.3. The van der Waals surface area contributed by atoms with E-state index in [1.807, 2.05) is 30.3 Å². The molecule has 138 valence electrons. The Morgan fingerprint density at radius 1 is 1.08 bits per heavy atom. The van der Waals surface area contributed by atoms with Gasteiger partial charge in [0.1, 0.15) is 6.10 Å². The molecule has 2 saturated carbocycles. The van der Waals surface area contributed by atoms with Crippen molar-refractivity contribution in [1.82, 2.24) is 0 Å². The molecule has 1 aromatic rings. The molecule has 0 amide bonds. The summed E-state index contributed by atoms with van der Waals surface area (Å²) >= 11 is 0. The van der Waals surface area contributed by atoms with Crippen molar-refractivity contribution in [2.45, 2.75) is 50.6 Å². The van der Waals surface area contributed by atoms with E-state index in [-0.39, 0.29) is 23.9 Å². The number of methoxy groups -OCH3 is 2. The van der Waals surface area contributed by atoms with Crippen molar-refractivity contribution in [3.8, 4) is 0 Å². The summed E-state index contributed by atoms with van der Waals surface area (Å²) in [6.45, 7) is 0.404. The van der Waals surface area contributed by atoms with Crippen molar-refractivity contribution in [2.75, 3.05) is 20.8 Å². The molecule has 5 heteroatoms. The van der Waals surface area contributed by atoms with Crippen molar-refractivity contribution in [1.29, 1.82) is 0 Å². The Morgan fingerprint density at radius 3 is 2.40 bits per heavy atom. The average molecular weight is 348 g/mol. The van der Waals surface area contributed by atoms with Gasteiger partial charge in [0.25, 0.3) is 0 Å². The summed E-state index contributed by atoms with van der Waals surface area (Å²) < 4.78 is 22.6. The number of benzene rings is 1. The topological polar surface area (TPSA) is 54.0 Å². The summed E-state index contributed by atoms with van der Waals surface area (Å²) in [7, 11) is 3.11. The number of ether oxygens (including phenoxy) is 4. The molecule has 0 aliphatic heterocycles. The third-order valence-electron chi connectivity index (χ3n) is 5.21. The predicted molar refractivity (Wildman–Crippen MR) is 92.7 cm³/mol. The van der Waals surface area contributed by atoms with Crippen LogP contribution in [0, 0.1) is 11.8 Å². The van der Waals surface area contributed by atoms with Crippen LogP contribution in [0.1, 0.15) is 44.1 Å². The van der Waals surface area contributed by atoms with Gasteiger partial charge in [0.2, 0.25) is 0 Å². The number of hydrogen-bond donors (Lipinski definition) is 0. The first kappa shape index (κ1) is 18.4. The van der Waals surface area contributed by atoms with Crippen molar-refractivity contribution in [3.63, 3.8) is 0 Å². The van der Waals surface area contributed by atoms with Crippen molar-refractivity contribution >= 4 is 5.97 Å². The molecule has 2 aliphatic carbocycles. The van der Waals surface area contributed by atoms with E-state index in [4.69, 9.17) is 18.9 Å². The summed E-state index contributed by atoms with van der Waals surface area (Å²) in [5.41, 5.74) is 0.794.